The van der Waals surface area contributed by atoms with Crippen LogP contribution in [0.1, 0.15) is 38.5 Å². The molecule has 1 saturated carbocycles. The minimum absolute atomic E-state index is 0.230. The van der Waals surface area contributed by atoms with Gasteiger partial charge in [-0.05, 0) is 31.0 Å². The number of carbonyl (C=O) groups excluding carboxylic acids is 1. The molecule has 1 aliphatic rings. The van der Waals surface area contributed by atoms with Crippen molar-refractivity contribution >= 4 is 11.7 Å². The Balaban J connectivity index is 1.82. The Morgan fingerprint density at radius 2 is 1.95 bits per heavy atom. The standard InChI is InChI=1S/C15H21FN2O2/c16-12-6-5-7-13(10-12)18-14(19)17-11-15(20)8-3-1-2-4-9-15/h5-7,10,20H,1-4,8-9,11H2,(H2,17,18,19). The largest absolute Gasteiger partial charge is 0.388 e. The van der Waals surface area contributed by atoms with E-state index >= 15 is 0 Å². The van der Waals surface area contributed by atoms with Gasteiger partial charge in [-0.15, -0.1) is 0 Å². The van der Waals surface area contributed by atoms with Crippen molar-refractivity contribution in [2.75, 3.05) is 11.9 Å². The number of urea groups is 1. The average molecular weight is 280 g/mol. The van der Waals surface area contributed by atoms with Gasteiger partial charge in [0, 0.05) is 12.2 Å². The summed E-state index contributed by atoms with van der Waals surface area (Å²) in [5.74, 6) is -0.398. The summed E-state index contributed by atoms with van der Waals surface area (Å²) in [5.41, 5.74) is -0.411. The van der Waals surface area contributed by atoms with Gasteiger partial charge >= 0.3 is 6.03 Å². The fraction of sp³-hybridized carbons (Fsp3) is 0.533. The number of hydrogen-bond donors (Lipinski definition) is 3. The summed E-state index contributed by atoms with van der Waals surface area (Å²) in [4.78, 5) is 11.7. The normalized spacial score (nSPS) is 18.1. The van der Waals surface area contributed by atoms with Gasteiger partial charge < -0.3 is 15.7 Å². The lowest BCUT2D eigenvalue weighted by molar-refractivity contribution is 0.0281. The van der Waals surface area contributed by atoms with E-state index in [1.807, 2.05) is 0 Å². The lowest BCUT2D eigenvalue weighted by Gasteiger charge is -2.26. The van der Waals surface area contributed by atoms with Crippen LogP contribution in [0.4, 0.5) is 14.9 Å². The SMILES string of the molecule is O=C(NCC1(O)CCCCCC1)Nc1cccc(F)c1. The molecular weight excluding hydrogens is 259 g/mol. The van der Waals surface area contributed by atoms with Crippen LogP contribution >= 0.6 is 0 Å². The number of nitrogens with one attached hydrogen (secondary N) is 2. The first-order valence-electron chi connectivity index (χ1n) is 7.10. The molecule has 0 spiro atoms. The van der Waals surface area contributed by atoms with Crippen molar-refractivity contribution in [3.05, 3.63) is 30.1 Å². The van der Waals surface area contributed by atoms with E-state index in [4.69, 9.17) is 0 Å². The Bertz CT molecular complexity index is 457. The Labute approximate surface area is 118 Å². The zero-order valence-electron chi connectivity index (χ0n) is 11.5. The third-order valence-electron chi connectivity index (χ3n) is 3.69. The van der Waals surface area contributed by atoms with Crippen molar-refractivity contribution in [2.24, 2.45) is 0 Å². The predicted molar refractivity (Wildman–Crippen MR) is 76.1 cm³/mol. The second-order valence-electron chi connectivity index (χ2n) is 5.46. The molecule has 1 aromatic carbocycles. The molecule has 0 atom stereocenters. The average Bonchev–Trinajstić information content (AvgIpc) is 2.62. The molecule has 0 bridgehead atoms. The summed E-state index contributed by atoms with van der Waals surface area (Å²) < 4.78 is 13.0. The predicted octanol–water partition coefficient (Wildman–Crippen LogP) is 3.03. The van der Waals surface area contributed by atoms with E-state index in [0.29, 0.717) is 18.5 Å². The van der Waals surface area contributed by atoms with Crippen molar-refractivity contribution < 1.29 is 14.3 Å². The second kappa shape index (κ2) is 6.70. The summed E-state index contributed by atoms with van der Waals surface area (Å²) >= 11 is 0. The van der Waals surface area contributed by atoms with Crippen LogP contribution in [0.25, 0.3) is 0 Å². The van der Waals surface area contributed by atoms with Gasteiger partial charge in [0.1, 0.15) is 5.82 Å². The second-order valence-corrected chi connectivity index (χ2v) is 5.46. The maximum Gasteiger partial charge on any atom is 0.319 e. The van der Waals surface area contributed by atoms with Gasteiger partial charge in [0.2, 0.25) is 0 Å². The molecule has 1 aromatic rings. The van der Waals surface area contributed by atoms with Gasteiger partial charge in [-0.25, -0.2) is 9.18 Å². The maximum atomic E-state index is 13.0. The number of benzene rings is 1. The van der Waals surface area contributed by atoms with Crippen LogP contribution in [-0.2, 0) is 0 Å². The van der Waals surface area contributed by atoms with Crippen molar-refractivity contribution in [2.45, 2.75) is 44.1 Å². The van der Waals surface area contributed by atoms with E-state index in [-0.39, 0.29) is 6.54 Å². The lowest BCUT2D eigenvalue weighted by atomic mass is 9.95. The Kier molecular flexibility index (Phi) is 4.95. The highest BCUT2D eigenvalue weighted by molar-refractivity contribution is 5.89. The molecule has 0 saturated heterocycles. The number of amides is 2. The number of hydrogen-bond acceptors (Lipinski definition) is 2. The Hall–Kier alpha value is -1.62. The molecule has 1 aliphatic carbocycles. The molecule has 0 heterocycles. The zero-order valence-corrected chi connectivity index (χ0v) is 11.5. The molecule has 1 fully saturated rings. The zero-order chi connectivity index (χ0) is 14.4. The molecule has 110 valence electrons. The van der Waals surface area contributed by atoms with Gasteiger partial charge in [-0.2, -0.15) is 0 Å². The summed E-state index contributed by atoms with van der Waals surface area (Å²) in [7, 11) is 0. The highest BCUT2D eigenvalue weighted by Gasteiger charge is 2.28. The molecule has 3 N–H and O–H groups in total. The molecule has 0 aromatic heterocycles. The van der Waals surface area contributed by atoms with Crippen LogP contribution < -0.4 is 10.6 Å². The molecule has 2 amide bonds. The van der Waals surface area contributed by atoms with E-state index in [0.717, 1.165) is 25.7 Å². The summed E-state index contributed by atoms with van der Waals surface area (Å²) in [6, 6.07) is 5.29. The third-order valence-corrected chi connectivity index (χ3v) is 3.69. The van der Waals surface area contributed by atoms with E-state index in [1.165, 1.54) is 18.2 Å². The van der Waals surface area contributed by atoms with Crippen molar-refractivity contribution in [3.8, 4) is 0 Å². The monoisotopic (exact) mass is 280 g/mol. The van der Waals surface area contributed by atoms with Crippen LogP contribution in [0.15, 0.2) is 24.3 Å². The first kappa shape index (κ1) is 14.8. The fourth-order valence-corrected chi connectivity index (χ4v) is 2.55. The smallest absolute Gasteiger partial charge is 0.319 e. The number of carbonyl (C=O) groups is 1. The summed E-state index contributed by atoms with van der Waals surface area (Å²) in [6.07, 6.45) is 5.68. The molecule has 20 heavy (non-hydrogen) atoms. The Morgan fingerprint density at radius 3 is 2.60 bits per heavy atom. The molecule has 0 unspecified atom stereocenters. The van der Waals surface area contributed by atoms with Crippen molar-refractivity contribution in [1.82, 2.24) is 5.32 Å². The first-order valence-corrected chi connectivity index (χ1v) is 7.10. The maximum absolute atomic E-state index is 13.0. The summed E-state index contributed by atoms with van der Waals surface area (Å²) in [6.45, 7) is 0.230. The van der Waals surface area contributed by atoms with E-state index < -0.39 is 17.4 Å². The minimum atomic E-state index is -0.810. The number of anilines is 1. The minimum Gasteiger partial charge on any atom is -0.388 e. The van der Waals surface area contributed by atoms with E-state index in [1.54, 1.807) is 6.07 Å². The van der Waals surface area contributed by atoms with E-state index in [2.05, 4.69) is 10.6 Å². The van der Waals surface area contributed by atoms with Gasteiger partial charge in [-0.1, -0.05) is 31.7 Å². The van der Waals surface area contributed by atoms with Crippen LogP contribution in [0.3, 0.4) is 0 Å². The van der Waals surface area contributed by atoms with Crippen LogP contribution in [-0.4, -0.2) is 23.3 Å². The topological polar surface area (TPSA) is 61.4 Å². The number of aliphatic hydroxyl groups is 1. The molecule has 0 aliphatic heterocycles. The van der Waals surface area contributed by atoms with Gasteiger partial charge in [-0.3, -0.25) is 0 Å². The third kappa shape index (κ3) is 4.49. The molecular formula is C15H21FN2O2. The lowest BCUT2D eigenvalue weighted by Crippen LogP contribution is -2.44. The van der Waals surface area contributed by atoms with Gasteiger partial charge in [0.15, 0.2) is 0 Å². The summed E-state index contributed by atoms with van der Waals surface area (Å²) in [5, 5.41) is 15.6. The van der Waals surface area contributed by atoms with Gasteiger partial charge in [0.25, 0.3) is 0 Å². The molecule has 0 radical (unpaired) electrons. The van der Waals surface area contributed by atoms with Crippen LogP contribution in [0, 0.1) is 5.82 Å². The molecule has 5 heteroatoms. The first-order chi connectivity index (χ1) is 9.57. The highest BCUT2D eigenvalue weighted by atomic mass is 19.1. The molecule has 4 nitrogen and oxygen atoms in total. The molecule has 2 rings (SSSR count). The van der Waals surface area contributed by atoms with Gasteiger partial charge in [0.05, 0.1) is 5.60 Å². The van der Waals surface area contributed by atoms with Crippen molar-refractivity contribution in [1.29, 1.82) is 0 Å². The number of rotatable bonds is 3. The number of halogens is 1. The van der Waals surface area contributed by atoms with Crippen LogP contribution in [0.2, 0.25) is 0 Å². The quantitative estimate of drug-likeness (QED) is 0.745. The van der Waals surface area contributed by atoms with Crippen LogP contribution in [0.5, 0.6) is 0 Å². The Morgan fingerprint density at radius 1 is 1.25 bits per heavy atom. The highest BCUT2D eigenvalue weighted by Crippen LogP contribution is 2.26. The fourth-order valence-electron chi connectivity index (χ4n) is 2.55. The van der Waals surface area contributed by atoms with E-state index in [9.17, 15) is 14.3 Å². The van der Waals surface area contributed by atoms with Crippen molar-refractivity contribution in [3.63, 3.8) is 0 Å².